The fourth-order valence-corrected chi connectivity index (χ4v) is 3.13. The van der Waals surface area contributed by atoms with Crippen molar-refractivity contribution >= 4 is 11.6 Å². The first-order chi connectivity index (χ1) is 12.8. The Morgan fingerprint density at radius 3 is 2.42 bits per heavy atom. The molecule has 0 spiro atoms. The van der Waals surface area contributed by atoms with E-state index < -0.39 is 0 Å². The Morgan fingerprint density at radius 2 is 1.77 bits per heavy atom. The highest BCUT2D eigenvalue weighted by Gasteiger charge is 2.16. The lowest BCUT2D eigenvalue weighted by atomic mass is 10.2. The van der Waals surface area contributed by atoms with Crippen molar-refractivity contribution in [1.82, 2.24) is 14.8 Å². The van der Waals surface area contributed by atoms with Crippen LogP contribution in [0.1, 0.15) is 36.0 Å². The molecule has 0 radical (unpaired) electrons. The average Bonchev–Trinajstić information content (AvgIpc) is 3.37. The molecular formula is C20H20N4O2. The molecule has 2 aromatic carbocycles. The number of amides is 1. The average molecular weight is 348 g/mol. The number of rotatable bonds is 5. The molecule has 1 aliphatic rings. The first-order valence-corrected chi connectivity index (χ1v) is 8.81. The van der Waals surface area contributed by atoms with Crippen LogP contribution in [0.4, 0.5) is 5.69 Å². The van der Waals surface area contributed by atoms with E-state index in [9.17, 15) is 4.79 Å². The van der Waals surface area contributed by atoms with Gasteiger partial charge in [0.1, 0.15) is 18.4 Å². The number of hydrogen-bond donors (Lipinski definition) is 1. The van der Waals surface area contributed by atoms with Crippen molar-refractivity contribution in [3.8, 4) is 11.4 Å². The van der Waals surface area contributed by atoms with Crippen LogP contribution in [0.3, 0.4) is 0 Å². The van der Waals surface area contributed by atoms with E-state index in [-0.39, 0.29) is 5.91 Å². The van der Waals surface area contributed by atoms with Crippen LogP contribution >= 0.6 is 0 Å². The van der Waals surface area contributed by atoms with Gasteiger partial charge in [0.15, 0.2) is 0 Å². The van der Waals surface area contributed by atoms with Crippen molar-refractivity contribution < 1.29 is 9.53 Å². The van der Waals surface area contributed by atoms with Gasteiger partial charge < -0.3 is 10.1 Å². The van der Waals surface area contributed by atoms with E-state index in [1.165, 1.54) is 19.2 Å². The number of aromatic nitrogens is 3. The highest BCUT2D eigenvalue weighted by Crippen LogP contribution is 2.25. The summed E-state index contributed by atoms with van der Waals surface area (Å²) in [6.07, 6.45) is 8.17. The maximum Gasteiger partial charge on any atom is 0.255 e. The summed E-state index contributed by atoms with van der Waals surface area (Å²) in [5.41, 5.74) is 2.18. The van der Waals surface area contributed by atoms with Crippen LogP contribution in [0.5, 0.6) is 5.75 Å². The maximum atomic E-state index is 12.4. The second kappa shape index (κ2) is 7.39. The van der Waals surface area contributed by atoms with Crippen molar-refractivity contribution in [2.75, 3.05) is 5.32 Å². The van der Waals surface area contributed by atoms with Crippen LogP contribution < -0.4 is 10.1 Å². The minimum Gasteiger partial charge on any atom is -0.490 e. The van der Waals surface area contributed by atoms with Crippen molar-refractivity contribution in [2.45, 2.75) is 31.8 Å². The Labute approximate surface area is 151 Å². The van der Waals surface area contributed by atoms with Gasteiger partial charge in [-0.25, -0.2) is 9.67 Å². The Bertz CT molecular complexity index is 852. The minimum absolute atomic E-state index is 0.153. The molecule has 6 heteroatoms. The maximum absolute atomic E-state index is 12.4. The summed E-state index contributed by atoms with van der Waals surface area (Å²) in [5.74, 6) is 0.701. The molecule has 3 aromatic rings. The summed E-state index contributed by atoms with van der Waals surface area (Å²) < 4.78 is 7.59. The van der Waals surface area contributed by atoms with E-state index in [0.29, 0.717) is 11.7 Å². The molecule has 0 atom stereocenters. The molecule has 1 saturated carbocycles. The zero-order valence-corrected chi connectivity index (χ0v) is 14.3. The van der Waals surface area contributed by atoms with Crippen LogP contribution in [-0.4, -0.2) is 26.8 Å². The van der Waals surface area contributed by atoms with Crippen molar-refractivity contribution in [3.63, 3.8) is 0 Å². The topological polar surface area (TPSA) is 69.0 Å². The van der Waals surface area contributed by atoms with Gasteiger partial charge in [0, 0.05) is 11.3 Å². The molecule has 0 aliphatic heterocycles. The van der Waals surface area contributed by atoms with Gasteiger partial charge in [-0.05, 0) is 74.2 Å². The highest BCUT2D eigenvalue weighted by atomic mass is 16.5. The Morgan fingerprint density at radius 1 is 1.04 bits per heavy atom. The van der Waals surface area contributed by atoms with Crippen molar-refractivity contribution in [3.05, 3.63) is 66.7 Å². The number of benzene rings is 2. The molecule has 1 N–H and O–H groups in total. The fourth-order valence-electron chi connectivity index (χ4n) is 3.13. The predicted octanol–water partition coefficient (Wildman–Crippen LogP) is 3.84. The summed E-state index contributed by atoms with van der Waals surface area (Å²) in [4.78, 5) is 16.3. The number of nitrogens with zero attached hydrogens (tertiary/aromatic N) is 3. The van der Waals surface area contributed by atoms with Crippen LogP contribution in [0.25, 0.3) is 5.69 Å². The summed E-state index contributed by atoms with van der Waals surface area (Å²) in [6, 6.07) is 14.7. The van der Waals surface area contributed by atoms with Crippen LogP contribution in [0.2, 0.25) is 0 Å². The summed E-state index contributed by atoms with van der Waals surface area (Å²) in [5, 5.41) is 6.97. The first kappa shape index (κ1) is 16.3. The number of ether oxygens (including phenoxy) is 1. The Kier molecular flexibility index (Phi) is 4.64. The molecule has 0 bridgehead atoms. The third kappa shape index (κ3) is 3.74. The van der Waals surface area contributed by atoms with Gasteiger partial charge in [-0.3, -0.25) is 4.79 Å². The molecule has 6 nitrogen and oxygen atoms in total. The zero-order valence-electron chi connectivity index (χ0n) is 14.3. The van der Waals surface area contributed by atoms with E-state index in [2.05, 4.69) is 15.4 Å². The van der Waals surface area contributed by atoms with E-state index in [1.54, 1.807) is 23.1 Å². The van der Waals surface area contributed by atoms with Crippen LogP contribution in [0, 0.1) is 0 Å². The fraction of sp³-hybridized carbons (Fsp3) is 0.250. The predicted molar refractivity (Wildman–Crippen MR) is 98.6 cm³/mol. The Balaban J connectivity index is 1.38. The summed E-state index contributed by atoms with van der Waals surface area (Å²) in [6.45, 7) is 0. The largest absolute Gasteiger partial charge is 0.490 e. The lowest BCUT2D eigenvalue weighted by Crippen LogP contribution is -2.13. The molecule has 132 valence electrons. The number of nitrogens with one attached hydrogen (secondary N) is 1. The molecule has 1 aromatic heterocycles. The van der Waals surface area contributed by atoms with Crippen molar-refractivity contribution in [1.29, 1.82) is 0 Å². The van der Waals surface area contributed by atoms with E-state index >= 15 is 0 Å². The molecule has 0 saturated heterocycles. The second-order valence-electron chi connectivity index (χ2n) is 6.39. The molecule has 1 aliphatic carbocycles. The quantitative estimate of drug-likeness (QED) is 0.760. The lowest BCUT2D eigenvalue weighted by molar-refractivity contribution is 0.102. The van der Waals surface area contributed by atoms with Gasteiger partial charge in [-0.1, -0.05) is 0 Å². The van der Waals surface area contributed by atoms with Crippen LogP contribution in [0.15, 0.2) is 61.2 Å². The monoisotopic (exact) mass is 348 g/mol. The van der Waals surface area contributed by atoms with E-state index in [0.717, 1.165) is 30.0 Å². The van der Waals surface area contributed by atoms with Gasteiger partial charge >= 0.3 is 0 Å². The van der Waals surface area contributed by atoms with Gasteiger partial charge in [-0.15, -0.1) is 0 Å². The molecule has 1 fully saturated rings. The highest BCUT2D eigenvalue weighted by molar-refractivity contribution is 6.04. The molecule has 1 amide bonds. The normalized spacial score (nSPS) is 14.3. The van der Waals surface area contributed by atoms with Gasteiger partial charge in [0.25, 0.3) is 5.91 Å². The molecular weight excluding hydrogens is 328 g/mol. The number of carbonyl (C=O) groups is 1. The Hall–Kier alpha value is -3.15. The van der Waals surface area contributed by atoms with Gasteiger partial charge in [0.05, 0.1) is 11.8 Å². The number of anilines is 1. The number of hydrogen-bond acceptors (Lipinski definition) is 4. The van der Waals surface area contributed by atoms with E-state index in [1.807, 2.05) is 36.4 Å². The SMILES string of the molecule is O=C(Nc1ccc(OC2CCCC2)cc1)c1ccc(-n2cncn2)cc1. The van der Waals surface area contributed by atoms with E-state index in [4.69, 9.17) is 4.74 Å². The minimum atomic E-state index is -0.153. The lowest BCUT2D eigenvalue weighted by Gasteiger charge is -2.13. The first-order valence-electron chi connectivity index (χ1n) is 8.81. The molecule has 0 unspecified atom stereocenters. The molecule has 26 heavy (non-hydrogen) atoms. The van der Waals surface area contributed by atoms with Gasteiger partial charge in [0.2, 0.25) is 0 Å². The van der Waals surface area contributed by atoms with Crippen molar-refractivity contribution in [2.24, 2.45) is 0 Å². The number of carbonyl (C=O) groups excluding carboxylic acids is 1. The summed E-state index contributed by atoms with van der Waals surface area (Å²) >= 11 is 0. The van der Waals surface area contributed by atoms with Gasteiger partial charge in [-0.2, -0.15) is 5.10 Å². The molecule has 4 rings (SSSR count). The van der Waals surface area contributed by atoms with Crippen LogP contribution in [-0.2, 0) is 0 Å². The zero-order chi connectivity index (χ0) is 17.8. The smallest absolute Gasteiger partial charge is 0.255 e. The third-order valence-corrected chi connectivity index (χ3v) is 4.53. The standard InChI is InChI=1S/C20H20N4O2/c25-20(15-5-9-17(10-6-15)24-14-21-13-22-24)23-16-7-11-19(12-8-16)26-18-3-1-2-4-18/h5-14,18H,1-4H2,(H,23,25). The molecule has 1 heterocycles. The second-order valence-corrected chi connectivity index (χ2v) is 6.39. The third-order valence-electron chi connectivity index (χ3n) is 4.53. The summed E-state index contributed by atoms with van der Waals surface area (Å²) in [7, 11) is 0.